The molecule has 2 aromatic rings. The average Bonchev–Trinajstić information content (AvgIpc) is 2.77. The fraction of sp³-hybridized carbons (Fsp3) is 0.545. The van der Waals surface area contributed by atoms with Crippen LogP contribution in [0.1, 0.15) is 24.6 Å². The first-order chi connectivity index (χ1) is 7.83. The van der Waals surface area contributed by atoms with E-state index in [1.54, 1.807) is 6.20 Å². The zero-order valence-electron chi connectivity index (χ0n) is 9.35. The van der Waals surface area contributed by atoms with Gasteiger partial charge in [0.05, 0.1) is 12.4 Å². The normalized spacial score (nSPS) is 19.3. The van der Waals surface area contributed by atoms with E-state index >= 15 is 0 Å². The van der Waals surface area contributed by atoms with Crippen molar-refractivity contribution in [1.82, 2.24) is 25.1 Å². The molecule has 2 aromatic heterocycles. The Morgan fingerprint density at radius 2 is 2.12 bits per heavy atom. The van der Waals surface area contributed by atoms with Gasteiger partial charge in [-0.1, -0.05) is 0 Å². The number of nitrogens with one attached hydrogen (secondary N) is 1. The van der Waals surface area contributed by atoms with E-state index in [0.717, 1.165) is 42.8 Å². The van der Waals surface area contributed by atoms with Gasteiger partial charge >= 0.3 is 0 Å². The van der Waals surface area contributed by atoms with Crippen molar-refractivity contribution >= 4 is 11.0 Å². The largest absolute Gasteiger partial charge is 0.306 e. The molecule has 84 valence electrons. The van der Waals surface area contributed by atoms with Crippen LogP contribution in [-0.2, 0) is 0 Å². The molecule has 16 heavy (non-hydrogen) atoms. The minimum atomic E-state index is 0.510. The molecule has 1 fully saturated rings. The van der Waals surface area contributed by atoms with Crippen molar-refractivity contribution in [3.05, 3.63) is 18.2 Å². The second-order valence-electron chi connectivity index (χ2n) is 4.47. The van der Waals surface area contributed by atoms with E-state index in [9.17, 15) is 0 Å². The summed E-state index contributed by atoms with van der Waals surface area (Å²) in [5.41, 5.74) is 1.83. The molecule has 0 saturated carbocycles. The monoisotopic (exact) mass is 217 g/mol. The molecule has 0 amide bonds. The molecular formula is C11H15N5. The number of hydrogen-bond acceptors (Lipinski definition) is 4. The van der Waals surface area contributed by atoms with Crippen LogP contribution in [0.5, 0.6) is 0 Å². The predicted molar refractivity (Wildman–Crippen MR) is 61.2 cm³/mol. The third-order valence-corrected chi connectivity index (χ3v) is 3.29. The molecule has 0 spiro atoms. The minimum absolute atomic E-state index is 0.510. The van der Waals surface area contributed by atoms with Gasteiger partial charge in [0.15, 0.2) is 0 Å². The summed E-state index contributed by atoms with van der Waals surface area (Å²) >= 11 is 0. The summed E-state index contributed by atoms with van der Waals surface area (Å²) in [6.45, 7) is 2.27. The van der Waals surface area contributed by atoms with Crippen LogP contribution in [0.4, 0.5) is 0 Å². The summed E-state index contributed by atoms with van der Waals surface area (Å²) in [5, 5.41) is 6.84. The maximum Gasteiger partial charge on any atom is 0.132 e. The number of nitrogens with zero attached hydrogens (tertiary/aromatic N) is 4. The van der Waals surface area contributed by atoms with Crippen LogP contribution in [0.3, 0.4) is 0 Å². The first-order valence-corrected chi connectivity index (χ1v) is 5.67. The lowest BCUT2D eigenvalue weighted by molar-refractivity contribution is 0.251. The predicted octanol–water partition coefficient (Wildman–Crippen LogP) is 1.16. The van der Waals surface area contributed by atoms with E-state index in [1.165, 1.54) is 0 Å². The van der Waals surface area contributed by atoms with Crippen LogP contribution < -0.4 is 0 Å². The van der Waals surface area contributed by atoms with Gasteiger partial charge in [-0.2, -0.15) is 5.10 Å². The van der Waals surface area contributed by atoms with Gasteiger partial charge in [0.25, 0.3) is 0 Å². The summed E-state index contributed by atoms with van der Waals surface area (Å²) in [6, 6.07) is 0. The summed E-state index contributed by atoms with van der Waals surface area (Å²) < 4.78 is 0. The Labute approximate surface area is 93.9 Å². The van der Waals surface area contributed by atoms with Gasteiger partial charge < -0.3 is 4.90 Å². The highest BCUT2D eigenvalue weighted by molar-refractivity contribution is 5.71. The summed E-state index contributed by atoms with van der Waals surface area (Å²) in [6.07, 6.45) is 5.90. The summed E-state index contributed by atoms with van der Waals surface area (Å²) in [4.78, 5) is 11.3. The number of aromatic amines is 1. The first kappa shape index (κ1) is 9.72. The number of aromatic nitrogens is 4. The van der Waals surface area contributed by atoms with Gasteiger partial charge in [0.2, 0.25) is 0 Å². The second kappa shape index (κ2) is 3.83. The fourth-order valence-corrected chi connectivity index (χ4v) is 2.22. The Balaban J connectivity index is 1.87. The second-order valence-corrected chi connectivity index (χ2v) is 4.47. The minimum Gasteiger partial charge on any atom is -0.306 e. The molecule has 0 unspecified atom stereocenters. The van der Waals surface area contributed by atoms with Gasteiger partial charge in [-0.3, -0.25) is 5.10 Å². The molecule has 3 heterocycles. The van der Waals surface area contributed by atoms with E-state index in [2.05, 4.69) is 32.1 Å². The van der Waals surface area contributed by atoms with Crippen LogP contribution in [-0.4, -0.2) is 45.2 Å². The van der Waals surface area contributed by atoms with E-state index in [0.29, 0.717) is 5.92 Å². The maximum atomic E-state index is 4.56. The molecule has 1 aliphatic heterocycles. The smallest absolute Gasteiger partial charge is 0.132 e. The zero-order chi connectivity index (χ0) is 11.0. The van der Waals surface area contributed by atoms with Gasteiger partial charge in [0.1, 0.15) is 16.9 Å². The number of H-pyrrole nitrogens is 1. The fourth-order valence-electron chi connectivity index (χ4n) is 2.22. The number of likely N-dealkylation sites (tertiary alicyclic amines) is 1. The zero-order valence-corrected chi connectivity index (χ0v) is 9.35. The van der Waals surface area contributed by atoms with Gasteiger partial charge in [-0.05, 0) is 33.0 Å². The molecular weight excluding hydrogens is 202 g/mol. The Kier molecular flexibility index (Phi) is 2.32. The number of fused-ring (bicyclic) bond motifs is 1. The standard InChI is InChI=1S/C11H15N5/c1-16-4-2-8(3-5-16)11-12-6-10-9(14-11)7-13-15-10/h6-8H,2-5H2,1H3,(H,13,15). The van der Waals surface area contributed by atoms with E-state index in [4.69, 9.17) is 0 Å². The number of hydrogen-bond donors (Lipinski definition) is 1. The highest BCUT2D eigenvalue weighted by Crippen LogP contribution is 2.25. The van der Waals surface area contributed by atoms with E-state index in [-0.39, 0.29) is 0 Å². The van der Waals surface area contributed by atoms with E-state index < -0.39 is 0 Å². The molecule has 5 heteroatoms. The van der Waals surface area contributed by atoms with Gasteiger partial charge in [0, 0.05) is 5.92 Å². The Bertz CT molecular complexity index is 484. The molecule has 0 bridgehead atoms. The highest BCUT2D eigenvalue weighted by Gasteiger charge is 2.20. The van der Waals surface area contributed by atoms with Crippen molar-refractivity contribution in [2.75, 3.05) is 20.1 Å². The SMILES string of the molecule is CN1CCC(c2ncc3[nH]ncc3n2)CC1. The Morgan fingerprint density at radius 1 is 1.31 bits per heavy atom. The molecule has 1 aliphatic rings. The summed E-state index contributed by atoms with van der Waals surface area (Å²) in [7, 11) is 2.16. The van der Waals surface area contributed by atoms with Crippen molar-refractivity contribution in [3.8, 4) is 0 Å². The van der Waals surface area contributed by atoms with Gasteiger partial charge in [-0.25, -0.2) is 9.97 Å². The molecule has 0 aliphatic carbocycles. The lowest BCUT2D eigenvalue weighted by atomic mass is 9.96. The number of rotatable bonds is 1. The van der Waals surface area contributed by atoms with Crippen LogP contribution in [0.2, 0.25) is 0 Å². The lowest BCUT2D eigenvalue weighted by Crippen LogP contribution is -2.29. The lowest BCUT2D eigenvalue weighted by Gasteiger charge is -2.27. The van der Waals surface area contributed by atoms with E-state index in [1.807, 2.05) is 6.20 Å². The third-order valence-electron chi connectivity index (χ3n) is 3.29. The highest BCUT2D eigenvalue weighted by atomic mass is 15.1. The summed E-state index contributed by atoms with van der Waals surface area (Å²) in [5.74, 6) is 1.48. The van der Waals surface area contributed by atoms with Crippen LogP contribution in [0.25, 0.3) is 11.0 Å². The van der Waals surface area contributed by atoms with Crippen molar-refractivity contribution < 1.29 is 0 Å². The van der Waals surface area contributed by atoms with Crippen LogP contribution in [0.15, 0.2) is 12.4 Å². The van der Waals surface area contributed by atoms with Crippen LogP contribution >= 0.6 is 0 Å². The Hall–Kier alpha value is -1.49. The quantitative estimate of drug-likeness (QED) is 0.778. The maximum absolute atomic E-state index is 4.56. The van der Waals surface area contributed by atoms with Crippen molar-refractivity contribution in [2.24, 2.45) is 0 Å². The molecule has 1 saturated heterocycles. The van der Waals surface area contributed by atoms with Crippen molar-refractivity contribution in [1.29, 1.82) is 0 Å². The molecule has 1 N–H and O–H groups in total. The molecule has 0 radical (unpaired) electrons. The third kappa shape index (κ3) is 1.67. The molecule has 0 atom stereocenters. The first-order valence-electron chi connectivity index (χ1n) is 5.67. The molecule has 5 nitrogen and oxygen atoms in total. The van der Waals surface area contributed by atoms with Crippen molar-refractivity contribution in [3.63, 3.8) is 0 Å². The van der Waals surface area contributed by atoms with Gasteiger partial charge in [-0.15, -0.1) is 0 Å². The Morgan fingerprint density at radius 3 is 2.94 bits per heavy atom. The topological polar surface area (TPSA) is 57.7 Å². The van der Waals surface area contributed by atoms with Crippen molar-refractivity contribution in [2.45, 2.75) is 18.8 Å². The van der Waals surface area contributed by atoms with Crippen LogP contribution in [0, 0.1) is 0 Å². The number of piperidine rings is 1. The molecule has 3 rings (SSSR count). The average molecular weight is 217 g/mol. The molecule has 0 aromatic carbocycles.